The minimum absolute atomic E-state index is 0.402. The van der Waals surface area contributed by atoms with Crippen molar-refractivity contribution < 1.29 is 92.2 Å². The Kier molecular flexibility index (Phi) is 8.63. The molecule has 0 spiro atoms. The standard InChI is InChI=1S/C19H11F21/c1-8-2-4-9(5-3-8)6-7-10(20,21)11(22,23)12(24,25)13(26,27)14(28,29)15(30,31)16(32,33)17(34,35)18(36,37)19(38,39)40/h2-5H,6-7H2,1H3. The van der Waals surface area contributed by atoms with Gasteiger partial charge in [0, 0.05) is 6.42 Å². The van der Waals surface area contributed by atoms with E-state index in [-0.39, 0.29) is 0 Å². The lowest BCUT2D eigenvalue weighted by Gasteiger charge is -2.44. The zero-order chi connectivity index (χ0) is 32.4. The Bertz CT molecular complexity index is 1030. The quantitative estimate of drug-likeness (QED) is 0.212. The van der Waals surface area contributed by atoms with Crippen molar-refractivity contribution in [3.63, 3.8) is 0 Å². The van der Waals surface area contributed by atoms with Crippen LogP contribution < -0.4 is 0 Å². The Hall–Kier alpha value is -2.25. The van der Waals surface area contributed by atoms with Crippen LogP contribution in [0.25, 0.3) is 0 Å². The molecule has 1 aromatic carbocycles. The molecule has 0 aliphatic carbocycles. The monoisotopic (exact) mass is 638 g/mol. The first-order valence-electron chi connectivity index (χ1n) is 9.75. The van der Waals surface area contributed by atoms with E-state index in [0.29, 0.717) is 5.56 Å². The van der Waals surface area contributed by atoms with Crippen molar-refractivity contribution in [2.45, 2.75) is 79.2 Å². The maximum Gasteiger partial charge on any atom is 0.460 e. The van der Waals surface area contributed by atoms with Gasteiger partial charge in [-0.3, -0.25) is 0 Å². The van der Waals surface area contributed by atoms with E-state index in [1.807, 2.05) is 0 Å². The second-order valence-corrected chi connectivity index (χ2v) is 8.28. The summed E-state index contributed by atoms with van der Waals surface area (Å²) in [6, 6.07) is 4.03. The van der Waals surface area contributed by atoms with Gasteiger partial charge in [0.1, 0.15) is 0 Å². The minimum Gasteiger partial charge on any atom is -0.200 e. The van der Waals surface area contributed by atoms with E-state index in [2.05, 4.69) is 0 Å². The van der Waals surface area contributed by atoms with E-state index >= 15 is 0 Å². The molecule has 0 amide bonds. The molecule has 40 heavy (non-hydrogen) atoms. The van der Waals surface area contributed by atoms with Crippen molar-refractivity contribution in [1.29, 1.82) is 0 Å². The van der Waals surface area contributed by atoms with Crippen LogP contribution in [-0.4, -0.2) is 59.5 Å². The predicted molar refractivity (Wildman–Crippen MR) is 90.1 cm³/mol. The Morgan fingerprint density at radius 1 is 0.400 bits per heavy atom. The van der Waals surface area contributed by atoms with Crippen LogP contribution in [0.4, 0.5) is 92.2 Å². The molecule has 0 fully saturated rings. The van der Waals surface area contributed by atoms with Gasteiger partial charge in [0.15, 0.2) is 0 Å². The molecule has 0 radical (unpaired) electrons. The van der Waals surface area contributed by atoms with Gasteiger partial charge in [0.25, 0.3) is 0 Å². The summed E-state index contributed by atoms with van der Waals surface area (Å²) in [5.41, 5.74) is 0.00558. The van der Waals surface area contributed by atoms with E-state index in [0.717, 1.165) is 24.3 Å². The number of hydrogen-bond acceptors (Lipinski definition) is 0. The Morgan fingerprint density at radius 3 is 0.975 bits per heavy atom. The number of alkyl halides is 21. The van der Waals surface area contributed by atoms with Gasteiger partial charge in [-0.25, -0.2) is 0 Å². The molecule has 1 aromatic rings. The van der Waals surface area contributed by atoms with Crippen LogP contribution in [0, 0.1) is 6.92 Å². The molecule has 0 aliphatic rings. The molecule has 0 atom stereocenters. The van der Waals surface area contributed by atoms with Crippen LogP contribution >= 0.6 is 0 Å². The van der Waals surface area contributed by atoms with Crippen molar-refractivity contribution >= 4 is 0 Å². The molecule has 21 heteroatoms. The highest BCUT2D eigenvalue weighted by molar-refractivity contribution is 5.22. The summed E-state index contributed by atoms with van der Waals surface area (Å²) in [5, 5.41) is 0. The maximum atomic E-state index is 13.9. The molecule has 1 rings (SSSR count). The molecule has 0 N–H and O–H groups in total. The first-order valence-corrected chi connectivity index (χ1v) is 9.75. The lowest BCUT2D eigenvalue weighted by atomic mass is 9.85. The van der Waals surface area contributed by atoms with Crippen LogP contribution in [0.3, 0.4) is 0 Å². The number of hydrogen-bond donors (Lipinski definition) is 0. The summed E-state index contributed by atoms with van der Waals surface area (Å²) in [5.74, 6) is -76.6. The number of halogens is 21. The first-order chi connectivity index (χ1) is 17.2. The molecule has 0 nitrogen and oxygen atoms in total. The lowest BCUT2D eigenvalue weighted by molar-refractivity contribution is -0.474. The fourth-order valence-corrected chi connectivity index (χ4v) is 2.80. The third-order valence-electron chi connectivity index (χ3n) is 5.42. The van der Waals surface area contributed by atoms with E-state index in [1.54, 1.807) is 0 Å². The number of benzene rings is 1. The SMILES string of the molecule is Cc1ccc(CCC(F)(F)C(F)(F)C(F)(F)C(F)(F)C(F)(F)C(F)(F)C(F)(F)C(F)(F)C(F)(F)C(F)(F)F)cc1. The Balaban J connectivity index is 3.62. The van der Waals surface area contributed by atoms with Crippen LogP contribution in [0.5, 0.6) is 0 Å². The second kappa shape index (κ2) is 9.65. The van der Waals surface area contributed by atoms with Gasteiger partial charge < -0.3 is 0 Å². The highest BCUT2D eigenvalue weighted by atomic mass is 19.4. The van der Waals surface area contributed by atoms with E-state index in [9.17, 15) is 92.2 Å². The lowest BCUT2D eigenvalue weighted by Crippen LogP contribution is -2.76. The summed E-state index contributed by atoms with van der Waals surface area (Å²) in [7, 11) is 0. The van der Waals surface area contributed by atoms with Gasteiger partial charge in [-0.1, -0.05) is 29.8 Å². The third-order valence-corrected chi connectivity index (χ3v) is 5.42. The molecule has 0 saturated heterocycles. The van der Waals surface area contributed by atoms with Crippen LogP contribution in [-0.2, 0) is 6.42 Å². The van der Waals surface area contributed by atoms with Crippen LogP contribution in [0.2, 0.25) is 0 Å². The zero-order valence-corrected chi connectivity index (χ0v) is 18.7. The fraction of sp³-hybridized carbons (Fsp3) is 0.684. The summed E-state index contributed by atoms with van der Waals surface area (Å²) in [4.78, 5) is 0. The van der Waals surface area contributed by atoms with Gasteiger partial charge in [0.2, 0.25) is 0 Å². The van der Waals surface area contributed by atoms with E-state index < -0.39 is 77.9 Å². The second-order valence-electron chi connectivity index (χ2n) is 8.28. The topological polar surface area (TPSA) is 0 Å². The number of aryl methyl sites for hydroxylation is 2. The molecular formula is C19H11F21. The molecule has 0 heterocycles. The summed E-state index contributed by atoms with van der Waals surface area (Å²) in [6.07, 6.45) is -12.1. The molecular weight excluding hydrogens is 627 g/mol. The van der Waals surface area contributed by atoms with Crippen molar-refractivity contribution in [1.82, 2.24) is 0 Å². The molecule has 0 aliphatic heterocycles. The molecule has 0 aromatic heterocycles. The van der Waals surface area contributed by atoms with Crippen LogP contribution in [0.15, 0.2) is 24.3 Å². The van der Waals surface area contributed by atoms with Crippen molar-refractivity contribution in [3.8, 4) is 0 Å². The maximum absolute atomic E-state index is 13.9. The highest BCUT2D eigenvalue weighted by Gasteiger charge is 2.97. The fourth-order valence-electron chi connectivity index (χ4n) is 2.80. The van der Waals surface area contributed by atoms with E-state index in [4.69, 9.17) is 0 Å². The van der Waals surface area contributed by atoms with Gasteiger partial charge in [0.05, 0.1) is 0 Å². The summed E-state index contributed by atoms with van der Waals surface area (Å²) >= 11 is 0. The number of rotatable bonds is 11. The molecule has 0 bridgehead atoms. The van der Waals surface area contributed by atoms with E-state index in [1.165, 1.54) is 6.92 Å². The molecule has 234 valence electrons. The average Bonchev–Trinajstić information content (AvgIpc) is 2.76. The smallest absolute Gasteiger partial charge is 0.200 e. The Morgan fingerprint density at radius 2 is 0.675 bits per heavy atom. The highest BCUT2D eigenvalue weighted by Crippen LogP contribution is 2.66. The van der Waals surface area contributed by atoms with Gasteiger partial charge >= 0.3 is 59.5 Å². The third kappa shape index (κ3) is 4.81. The predicted octanol–water partition coefficient (Wildman–Crippen LogP) is 9.21. The summed E-state index contributed by atoms with van der Waals surface area (Å²) < 4.78 is 280. The van der Waals surface area contributed by atoms with Crippen LogP contribution in [0.1, 0.15) is 17.5 Å². The van der Waals surface area contributed by atoms with Gasteiger partial charge in [-0.15, -0.1) is 0 Å². The molecule has 0 unspecified atom stereocenters. The average molecular weight is 638 g/mol. The van der Waals surface area contributed by atoms with Crippen molar-refractivity contribution in [2.75, 3.05) is 0 Å². The minimum atomic E-state index is -9.15. The Labute approximate surface area is 208 Å². The van der Waals surface area contributed by atoms with Gasteiger partial charge in [-0.05, 0) is 18.9 Å². The summed E-state index contributed by atoms with van der Waals surface area (Å²) in [6.45, 7) is 1.40. The molecule has 0 saturated carbocycles. The normalized spacial score (nSPS) is 15.9. The largest absolute Gasteiger partial charge is 0.460 e. The van der Waals surface area contributed by atoms with Gasteiger partial charge in [-0.2, -0.15) is 92.2 Å². The first kappa shape index (κ1) is 35.8. The zero-order valence-electron chi connectivity index (χ0n) is 18.7. The van der Waals surface area contributed by atoms with Crippen molar-refractivity contribution in [2.24, 2.45) is 0 Å². The van der Waals surface area contributed by atoms with Crippen molar-refractivity contribution in [3.05, 3.63) is 35.4 Å².